The van der Waals surface area contributed by atoms with E-state index in [-0.39, 0.29) is 32.4 Å². The molecule has 1 heterocycles. The van der Waals surface area contributed by atoms with Crippen molar-refractivity contribution < 1.29 is 32.2 Å². The molecule has 0 spiro atoms. The predicted molar refractivity (Wildman–Crippen MR) is 63.3 cm³/mol. The number of rotatable bonds is 3. The monoisotopic (exact) mass is 304 g/mol. The fourth-order valence-corrected chi connectivity index (χ4v) is 2.00. The topological polar surface area (TPSA) is 52.6 Å². The first kappa shape index (κ1) is 15.3. The first-order valence-electron chi connectivity index (χ1n) is 6.01. The van der Waals surface area contributed by atoms with E-state index < -0.39 is 40.5 Å². The van der Waals surface area contributed by atoms with Gasteiger partial charge in [-0.2, -0.15) is 0 Å². The van der Waals surface area contributed by atoms with Gasteiger partial charge in [0.15, 0.2) is 23.3 Å². The minimum Gasteiger partial charge on any atom is -0.545 e. The van der Waals surface area contributed by atoms with Gasteiger partial charge < -0.3 is 19.5 Å². The van der Waals surface area contributed by atoms with Crippen molar-refractivity contribution in [2.24, 2.45) is 0 Å². The number of nitrogens with zero attached hydrogens (tertiary/aromatic N) is 1. The van der Waals surface area contributed by atoms with Crippen LogP contribution in [0.5, 0.6) is 0 Å². The van der Waals surface area contributed by atoms with Crippen LogP contribution in [0.4, 0.5) is 23.2 Å². The summed E-state index contributed by atoms with van der Waals surface area (Å²) in [7, 11) is 0. The van der Waals surface area contributed by atoms with Gasteiger partial charge in [0.1, 0.15) is 5.69 Å². The Bertz CT molecular complexity index is 569. The Morgan fingerprint density at radius 2 is 1.57 bits per heavy atom. The number of aliphatic carboxylic acids is 1. The minimum atomic E-state index is -1.74. The summed E-state index contributed by atoms with van der Waals surface area (Å²) in [5, 5.41) is 10.2. The van der Waals surface area contributed by atoms with Gasteiger partial charge in [-0.3, -0.25) is 0 Å². The highest BCUT2D eigenvalue weighted by molar-refractivity contribution is 5.83. The summed E-state index contributed by atoms with van der Waals surface area (Å²) >= 11 is 0. The summed E-state index contributed by atoms with van der Waals surface area (Å²) in [5.74, 6) is -8.21. The molecule has 0 atom stereocenters. The maximum Gasteiger partial charge on any atom is 0.185 e. The number of carbonyl (C=O) groups excluding carboxylic acids is 1. The number of benzene rings is 1. The summed E-state index contributed by atoms with van der Waals surface area (Å²) in [4.78, 5) is 11.4. The summed E-state index contributed by atoms with van der Waals surface area (Å²) in [6.45, 7) is 0.519. The fraction of sp³-hybridized carbons (Fsp3) is 0.308. The minimum absolute atomic E-state index is 0.0843. The van der Waals surface area contributed by atoms with Crippen molar-refractivity contribution in [2.75, 3.05) is 31.2 Å². The highest BCUT2D eigenvalue weighted by atomic mass is 19.2. The van der Waals surface area contributed by atoms with Crippen LogP contribution in [0, 0.1) is 23.3 Å². The van der Waals surface area contributed by atoms with E-state index in [2.05, 4.69) is 0 Å². The third-order valence-electron chi connectivity index (χ3n) is 2.99. The Labute approximate surface area is 117 Å². The molecule has 0 bridgehead atoms. The van der Waals surface area contributed by atoms with Crippen LogP contribution in [0.1, 0.15) is 5.56 Å². The zero-order valence-corrected chi connectivity index (χ0v) is 10.7. The average molecular weight is 304 g/mol. The number of carbonyl (C=O) groups is 1. The number of hydrogen-bond acceptors (Lipinski definition) is 4. The summed E-state index contributed by atoms with van der Waals surface area (Å²) in [6.07, 6.45) is 0.698. The van der Waals surface area contributed by atoms with Gasteiger partial charge in [0, 0.05) is 13.1 Å². The summed E-state index contributed by atoms with van der Waals surface area (Å²) in [5.41, 5.74) is -1.93. The van der Waals surface area contributed by atoms with Gasteiger partial charge in [-0.15, -0.1) is 0 Å². The van der Waals surface area contributed by atoms with E-state index in [9.17, 15) is 27.5 Å². The molecule has 0 aliphatic carbocycles. The van der Waals surface area contributed by atoms with E-state index in [1.54, 1.807) is 0 Å². The Morgan fingerprint density at radius 1 is 1.05 bits per heavy atom. The Hall–Kier alpha value is -2.09. The van der Waals surface area contributed by atoms with Crippen molar-refractivity contribution in [3.05, 3.63) is 34.9 Å². The molecule has 0 aromatic heterocycles. The van der Waals surface area contributed by atoms with Crippen molar-refractivity contribution in [1.29, 1.82) is 0 Å². The molecule has 1 aliphatic rings. The van der Waals surface area contributed by atoms with Gasteiger partial charge in [-0.1, -0.05) is 0 Å². The van der Waals surface area contributed by atoms with Crippen LogP contribution in [0.3, 0.4) is 0 Å². The lowest BCUT2D eigenvalue weighted by molar-refractivity contribution is -0.297. The smallest absolute Gasteiger partial charge is 0.185 e. The molecular weight excluding hydrogens is 294 g/mol. The quantitative estimate of drug-likeness (QED) is 0.472. The number of carboxylic acid groups (broad SMARTS) is 1. The van der Waals surface area contributed by atoms with Crippen molar-refractivity contribution >= 4 is 17.7 Å². The molecule has 1 aromatic carbocycles. The molecule has 1 aromatic rings. The molecular formula is C13H10F4NO3-. The Morgan fingerprint density at radius 3 is 2.05 bits per heavy atom. The molecule has 2 rings (SSSR count). The summed E-state index contributed by atoms with van der Waals surface area (Å²) in [6, 6.07) is 0. The molecule has 21 heavy (non-hydrogen) atoms. The third kappa shape index (κ3) is 2.99. The molecule has 1 fully saturated rings. The number of carboxylic acids is 1. The van der Waals surface area contributed by atoms with Crippen LogP contribution >= 0.6 is 0 Å². The van der Waals surface area contributed by atoms with Gasteiger partial charge in [0.05, 0.1) is 24.7 Å². The predicted octanol–water partition coefficient (Wildman–Crippen LogP) is 0.843. The molecule has 1 aliphatic heterocycles. The second-order valence-electron chi connectivity index (χ2n) is 4.27. The van der Waals surface area contributed by atoms with Crippen LogP contribution in [0.25, 0.3) is 6.08 Å². The molecule has 4 nitrogen and oxygen atoms in total. The number of halogens is 4. The molecule has 1 saturated heterocycles. The van der Waals surface area contributed by atoms with E-state index in [0.29, 0.717) is 6.08 Å². The first-order valence-corrected chi connectivity index (χ1v) is 6.01. The largest absolute Gasteiger partial charge is 0.545 e. The zero-order chi connectivity index (χ0) is 15.6. The van der Waals surface area contributed by atoms with E-state index >= 15 is 0 Å². The van der Waals surface area contributed by atoms with Gasteiger partial charge >= 0.3 is 0 Å². The molecule has 0 N–H and O–H groups in total. The van der Waals surface area contributed by atoms with Crippen molar-refractivity contribution in [3.63, 3.8) is 0 Å². The van der Waals surface area contributed by atoms with Crippen molar-refractivity contribution in [1.82, 2.24) is 0 Å². The van der Waals surface area contributed by atoms with Crippen LogP contribution < -0.4 is 10.0 Å². The maximum absolute atomic E-state index is 14.0. The molecule has 0 radical (unpaired) electrons. The van der Waals surface area contributed by atoms with Gasteiger partial charge in [-0.05, 0) is 12.2 Å². The summed E-state index contributed by atoms with van der Waals surface area (Å²) < 4.78 is 60.5. The van der Waals surface area contributed by atoms with Crippen molar-refractivity contribution in [3.8, 4) is 0 Å². The van der Waals surface area contributed by atoms with Gasteiger partial charge in [-0.25, -0.2) is 17.6 Å². The Balaban J connectivity index is 2.52. The SMILES string of the molecule is O=C([O-])/C=C/c1c(F)c(F)c(N2CCOCC2)c(F)c1F. The molecule has 0 unspecified atom stereocenters. The first-order chi connectivity index (χ1) is 9.93. The zero-order valence-electron chi connectivity index (χ0n) is 10.7. The lowest BCUT2D eigenvalue weighted by Crippen LogP contribution is -2.37. The highest BCUT2D eigenvalue weighted by Gasteiger charge is 2.28. The average Bonchev–Trinajstić information content (AvgIpc) is 2.46. The van der Waals surface area contributed by atoms with E-state index in [1.807, 2.05) is 0 Å². The molecule has 0 saturated carbocycles. The lowest BCUT2D eigenvalue weighted by atomic mass is 10.1. The third-order valence-corrected chi connectivity index (χ3v) is 2.99. The molecule has 8 heteroatoms. The standard InChI is InChI=1S/C13H11F4NO3/c14-9-7(1-2-8(19)20)10(15)12(17)13(11(9)16)18-3-5-21-6-4-18/h1-2H,3-6H2,(H,19,20)/p-1/b2-1+. The molecule has 0 amide bonds. The maximum atomic E-state index is 14.0. The van der Waals surface area contributed by atoms with E-state index in [4.69, 9.17) is 4.74 Å². The normalized spacial score (nSPS) is 15.7. The van der Waals surface area contributed by atoms with Crippen LogP contribution in [0.2, 0.25) is 0 Å². The Kier molecular flexibility index (Phi) is 4.46. The second kappa shape index (κ2) is 6.13. The highest BCUT2D eigenvalue weighted by Crippen LogP contribution is 2.32. The van der Waals surface area contributed by atoms with Crippen LogP contribution in [-0.2, 0) is 9.53 Å². The van der Waals surface area contributed by atoms with Crippen LogP contribution in [0.15, 0.2) is 6.08 Å². The molecule has 114 valence electrons. The lowest BCUT2D eigenvalue weighted by Gasteiger charge is -2.29. The van der Waals surface area contributed by atoms with E-state index in [0.717, 1.165) is 4.90 Å². The number of hydrogen-bond donors (Lipinski definition) is 0. The van der Waals surface area contributed by atoms with Gasteiger partial charge in [0.2, 0.25) is 0 Å². The second-order valence-corrected chi connectivity index (χ2v) is 4.27. The number of anilines is 1. The van der Waals surface area contributed by atoms with Gasteiger partial charge in [0.25, 0.3) is 0 Å². The fourth-order valence-electron chi connectivity index (χ4n) is 2.00. The number of morpholine rings is 1. The van der Waals surface area contributed by atoms with E-state index in [1.165, 1.54) is 0 Å². The van der Waals surface area contributed by atoms with Crippen LogP contribution in [-0.4, -0.2) is 32.3 Å². The van der Waals surface area contributed by atoms with Crippen molar-refractivity contribution in [2.45, 2.75) is 0 Å². The number of ether oxygens (including phenoxy) is 1.